The number of rotatable bonds is 11. The van der Waals surface area contributed by atoms with Crippen LogP contribution in [0, 0.1) is 5.82 Å². The van der Waals surface area contributed by atoms with Crippen LogP contribution in [0.3, 0.4) is 0 Å². The van der Waals surface area contributed by atoms with E-state index in [1.165, 1.54) is 48.1 Å². The lowest BCUT2D eigenvalue weighted by Gasteiger charge is -2.31. The largest absolute Gasteiger partial charge is 0.383 e. The van der Waals surface area contributed by atoms with Crippen molar-refractivity contribution in [3.05, 3.63) is 59.9 Å². The van der Waals surface area contributed by atoms with E-state index < -0.39 is 17.8 Å². The highest BCUT2D eigenvalue weighted by molar-refractivity contribution is 5.89. The number of hydrogen-bond acceptors (Lipinski definition) is 6. The van der Waals surface area contributed by atoms with Gasteiger partial charge in [-0.05, 0) is 29.8 Å². The summed E-state index contributed by atoms with van der Waals surface area (Å²) in [5.74, 6) is -1.19. The maximum absolute atomic E-state index is 13.5. The normalized spacial score (nSPS) is 12.0. The van der Waals surface area contributed by atoms with Gasteiger partial charge < -0.3 is 19.7 Å². The van der Waals surface area contributed by atoms with Crippen molar-refractivity contribution in [2.24, 2.45) is 0 Å². The summed E-state index contributed by atoms with van der Waals surface area (Å²) in [6.45, 7) is 0.841. The van der Waals surface area contributed by atoms with Gasteiger partial charge in [0, 0.05) is 27.3 Å². The van der Waals surface area contributed by atoms with Crippen molar-refractivity contribution in [1.29, 1.82) is 0 Å². The van der Waals surface area contributed by atoms with Gasteiger partial charge in [-0.3, -0.25) is 9.59 Å². The molecule has 2 amide bonds. The Bertz CT molecular complexity index is 1040. The van der Waals surface area contributed by atoms with Gasteiger partial charge in [0.05, 0.1) is 18.7 Å². The molecule has 0 aliphatic heterocycles. The minimum absolute atomic E-state index is 0.118. The third kappa shape index (κ3) is 5.65. The molecule has 9 nitrogen and oxygen atoms in total. The molecule has 3 rings (SSSR count). The number of carbonyl (C=O) groups is 2. The number of para-hydroxylation sites is 1. The number of halogens is 1. The number of amides is 2. The molecule has 0 radical (unpaired) electrons. The SMILES string of the molecule is COCCNC(=O)[C@@H](c1ccc(F)cc1)N(CCOC)C(=O)Cn1nnc2ccccc21. The second kappa shape index (κ2) is 11.3. The van der Waals surface area contributed by atoms with Gasteiger partial charge in [-0.1, -0.05) is 29.5 Å². The van der Waals surface area contributed by atoms with Gasteiger partial charge in [-0.15, -0.1) is 5.10 Å². The number of fused-ring (bicyclic) bond motifs is 1. The van der Waals surface area contributed by atoms with Crippen LogP contribution in [0.15, 0.2) is 48.5 Å². The predicted octanol–water partition coefficient (Wildman–Crippen LogP) is 1.55. The first-order chi connectivity index (χ1) is 15.5. The van der Waals surface area contributed by atoms with Crippen LogP contribution >= 0.6 is 0 Å². The van der Waals surface area contributed by atoms with Crippen molar-refractivity contribution < 1.29 is 23.5 Å². The van der Waals surface area contributed by atoms with Gasteiger partial charge >= 0.3 is 0 Å². The van der Waals surface area contributed by atoms with Gasteiger partial charge in [0.1, 0.15) is 23.9 Å². The summed E-state index contributed by atoms with van der Waals surface area (Å²) in [5.41, 5.74) is 1.85. The summed E-state index contributed by atoms with van der Waals surface area (Å²) in [6, 6.07) is 11.8. The van der Waals surface area contributed by atoms with Crippen LogP contribution in [0.5, 0.6) is 0 Å². The fourth-order valence-electron chi connectivity index (χ4n) is 3.33. The van der Waals surface area contributed by atoms with Crippen LogP contribution in [-0.4, -0.2) is 72.2 Å². The Morgan fingerprint density at radius 1 is 1.09 bits per heavy atom. The van der Waals surface area contributed by atoms with E-state index in [4.69, 9.17) is 9.47 Å². The van der Waals surface area contributed by atoms with Crippen LogP contribution < -0.4 is 5.32 Å². The molecule has 10 heteroatoms. The average Bonchev–Trinajstić information content (AvgIpc) is 3.20. The maximum atomic E-state index is 13.5. The summed E-state index contributed by atoms with van der Waals surface area (Å²) < 4.78 is 25.2. The molecule has 1 N–H and O–H groups in total. The van der Waals surface area contributed by atoms with E-state index >= 15 is 0 Å². The first-order valence-corrected chi connectivity index (χ1v) is 10.1. The van der Waals surface area contributed by atoms with Gasteiger partial charge in [0.25, 0.3) is 0 Å². The highest BCUT2D eigenvalue weighted by Gasteiger charge is 2.31. The van der Waals surface area contributed by atoms with Crippen molar-refractivity contribution in [2.45, 2.75) is 12.6 Å². The van der Waals surface area contributed by atoms with Crippen LogP contribution in [0.2, 0.25) is 0 Å². The zero-order valence-corrected chi connectivity index (χ0v) is 18.0. The standard InChI is InChI=1S/C22H26FN5O4/c1-31-13-11-24-22(30)21(16-7-9-17(23)10-8-16)27(12-14-32-2)20(29)15-28-19-6-4-3-5-18(19)25-26-28/h3-10,21H,11-15H2,1-2H3,(H,24,30)/t21-/m1/s1. The molecular weight excluding hydrogens is 417 g/mol. The Labute approximate surface area is 185 Å². The molecular formula is C22H26FN5O4. The van der Waals surface area contributed by atoms with Crippen molar-refractivity contribution in [3.8, 4) is 0 Å². The lowest BCUT2D eigenvalue weighted by atomic mass is 10.0. The number of ether oxygens (including phenoxy) is 2. The molecule has 3 aromatic rings. The van der Waals surface area contributed by atoms with E-state index in [9.17, 15) is 14.0 Å². The molecule has 32 heavy (non-hydrogen) atoms. The molecule has 0 aliphatic rings. The third-order valence-electron chi connectivity index (χ3n) is 4.91. The summed E-state index contributed by atoms with van der Waals surface area (Å²) in [4.78, 5) is 27.9. The number of methoxy groups -OCH3 is 2. The van der Waals surface area contributed by atoms with Crippen LogP contribution in [0.4, 0.5) is 4.39 Å². The zero-order valence-electron chi connectivity index (χ0n) is 18.0. The molecule has 0 aliphatic carbocycles. The molecule has 1 aromatic heterocycles. The topological polar surface area (TPSA) is 98.6 Å². The number of hydrogen-bond donors (Lipinski definition) is 1. The first kappa shape index (κ1) is 23.3. The smallest absolute Gasteiger partial charge is 0.247 e. The maximum Gasteiger partial charge on any atom is 0.247 e. The highest BCUT2D eigenvalue weighted by Crippen LogP contribution is 2.23. The number of aromatic nitrogens is 3. The second-order valence-corrected chi connectivity index (χ2v) is 7.05. The number of benzene rings is 2. The van der Waals surface area contributed by atoms with Crippen molar-refractivity contribution in [1.82, 2.24) is 25.2 Å². The molecule has 1 atom stereocenters. The van der Waals surface area contributed by atoms with E-state index in [0.29, 0.717) is 23.2 Å². The molecule has 170 valence electrons. The fourth-order valence-corrected chi connectivity index (χ4v) is 3.33. The summed E-state index contributed by atoms with van der Waals surface area (Å²) in [5, 5.41) is 10.9. The molecule has 0 saturated carbocycles. The number of nitrogens with one attached hydrogen (secondary N) is 1. The highest BCUT2D eigenvalue weighted by atomic mass is 19.1. The molecule has 1 heterocycles. The minimum atomic E-state index is -0.982. The molecule has 0 saturated heterocycles. The van der Waals surface area contributed by atoms with Crippen molar-refractivity contribution in [2.75, 3.05) is 40.5 Å². The summed E-state index contributed by atoms with van der Waals surface area (Å²) in [7, 11) is 3.04. The molecule has 0 unspecified atom stereocenters. The average molecular weight is 443 g/mol. The van der Waals surface area contributed by atoms with E-state index in [1.54, 1.807) is 6.07 Å². The Kier molecular flexibility index (Phi) is 8.23. The Morgan fingerprint density at radius 2 is 1.81 bits per heavy atom. The van der Waals surface area contributed by atoms with Gasteiger partial charge in [0.15, 0.2) is 0 Å². The fraction of sp³-hybridized carbons (Fsp3) is 0.364. The van der Waals surface area contributed by atoms with Gasteiger partial charge in [-0.25, -0.2) is 9.07 Å². The monoisotopic (exact) mass is 443 g/mol. The Balaban J connectivity index is 1.92. The van der Waals surface area contributed by atoms with Crippen molar-refractivity contribution >= 4 is 22.8 Å². The lowest BCUT2D eigenvalue weighted by molar-refractivity contribution is -0.142. The van der Waals surface area contributed by atoms with Gasteiger partial charge in [-0.2, -0.15) is 0 Å². The van der Waals surface area contributed by atoms with Gasteiger partial charge in [0.2, 0.25) is 11.8 Å². The van der Waals surface area contributed by atoms with Crippen LogP contribution in [0.25, 0.3) is 11.0 Å². The summed E-state index contributed by atoms with van der Waals surface area (Å²) in [6.07, 6.45) is 0. The number of nitrogens with zero attached hydrogens (tertiary/aromatic N) is 4. The van der Waals surface area contributed by atoms with E-state index in [-0.39, 0.29) is 32.1 Å². The second-order valence-electron chi connectivity index (χ2n) is 7.05. The third-order valence-corrected chi connectivity index (χ3v) is 4.91. The van der Waals surface area contributed by atoms with E-state index in [2.05, 4.69) is 15.6 Å². The van der Waals surface area contributed by atoms with E-state index in [0.717, 1.165) is 0 Å². The van der Waals surface area contributed by atoms with Crippen LogP contribution in [-0.2, 0) is 25.6 Å². The zero-order chi connectivity index (χ0) is 22.9. The Hall–Kier alpha value is -3.37. The van der Waals surface area contributed by atoms with Crippen molar-refractivity contribution in [3.63, 3.8) is 0 Å². The molecule has 2 aromatic carbocycles. The lowest BCUT2D eigenvalue weighted by Crippen LogP contribution is -2.46. The van der Waals surface area contributed by atoms with Crippen LogP contribution in [0.1, 0.15) is 11.6 Å². The quantitative estimate of drug-likeness (QED) is 0.452. The Morgan fingerprint density at radius 3 is 2.53 bits per heavy atom. The minimum Gasteiger partial charge on any atom is -0.383 e. The summed E-state index contributed by atoms with van der Waals surface area (Å²) >= 11 is 0. The first-order valence-electron chi connectivity index (χ1n) is 10.1. The van der Waals surface area contributed by atoms with E-state index in [1.807, 2.05) is 18.2 Å². The predicted molar refractivity (Wildman–Crippen MR) is 115 cm³/mol. The molecule has 0 spiro atoms. The molecule has 0 bridgehead atoms. The molecule has 0 fully saturated rings. The number of carbonyl (C=O) groups excluding carboxylic acids is 2.